The van der Waals surface area contributed by atoms with Crippen LogP contribution in [0.15, 0.2) is 47.1 Å². The normalized spacial score (nSPS) is 10.1. The summed E-state index contributed by atoms with van der Waals surface area (Å²) in [6.45, 7) is 0.448. The van der Waals surface area contributed by atoms with E-state index in [1.807, 2.05) is 37.4 Å². The Morgan fingerprint density at radius 1 is 1.30 bits per heavy atom. The van der Waals surface area contributed by atoms with Crippen molar-refractivity contribution in [2.24, 2.45) is 0 Å². The summed E-state index contributed by atoms with van der Waals surface area (Å²) in [7, 11) is 3.57. The van der Waals surface area contributed by atoms with Crippen LogP contribution >= 0.6 is 0 Å². The highest BCUT2D eigenvalue weighted by Gasteiger charge is 2.11. The highest BCUT2D eigenvalue weighted by Crippen LogP contribution is 2.15. The van der Waals surface area contributed by atoms with Crippen LogP contribution in [0.1, 0.15) is 5.76 Å². The molecule has 0 unspecified atom stereocenters. The molecule has 20 heavy (non-hydrogen) atoms. The summed E-state index contributed by atoms with van der Waals surface area (Å²) >= 11 is 0. The van der Waals surface area contributed by atoms with E-state index in [0.717, 1.165) is 11.4 Å². The SMILES string of the molecule is CNc1ccc(OCC(=O)N(C)Cc2ccco2)cc1. The van der Waals surface area contributed by atoms with E-state index < -0.39 is 0 Å². The Morgan fingerprint density at radius 3 is 2.65 bits per heavy atom. The van der Waals surface area contributed by atoms with E-state index in [2.05, 4.69) is 5.32 Å². The number of anilines is 1. The quantitative estimate of drug-likeness (QED) is 0.878. The number of likely N-dealkylation sites (N-methyl/N-ethyl adjacent to an activating group) is 1. The van der Waals surface area contributed by atoms with E-state index in [0.29, 0.717) is 12.3 Å². The van der Waals surface area contributed by atoms with Crippen LogP contribution in [0.2, 0.25) is 0 Å². The van der Waals surface area contributed by atoms with Crippen LogP contribution < -0.4 is 10.1 Å². The Morgan fingerprint density at radius 2 is 2.05 bits per heavy atom. The molecule has 1 amide bonds. The van der Waals surface area contributed by atoms with Gasteiger partial charge < -0.3 is 19.4 Å². The second-order valence-corrected chi connectivity index (χ2v) is 4.39. The van der Waals surface area contributed by atoms with Crippen LogP contribution in [0.4, 0.5) is 5.69 Å². The van der Waals surface area contributed by atoms with Crippen molar-refractivity contribution in [3.8, 4) is 5.75 Å². The van der Waals surface area contributed by atoms with Gasteiger partial charge in [0, 0.05) is 19.8 Å². The summed E-state index contributed by atoms with van der Waals surface area (Å²) in [5.74, 6) is 1.32. The average Bonchev–Trinajstić information content (AvgIpc) is 2.98. The Balaban J connectivity index is 1.81. The Bertz CT molecular complexity index is 535. The summed E-state index contributed by atoms with van der Waals surface area (Å²) in [6.07, 6.45) is 1.59. The van der Waals surface area contributed by atoms with Gasteiger partial charge in [-0.15, -0.1) is 0 Å². The summed E-state index contributed by atoms with van der Waals surface area (Å²) in [5.41, 5.74) is 0.999. The monoisotopic (exact) mass is 274 g/mol. The van der Waals surface area contributed by atoms with E-state index in [4.69, 9.17) is 9.15 Å². The topological polar surface area (TPSA) is 54.7 Å². The van der Waals surface area contributed by atoms with Crippen molar-refractivity contribution >= 4 is 11.6 Å². The molecule has 1 aromatic carbocycles. The van der Waals surface area contributed by atoms with Crippen molar-refractivity contribution < 1.29 is 13.9 Å². The lowest BCUT2D eigenvalue weighted by molar-refractivity contribution is -0.132. The number of carbonyl (C=O) groups excluding carboxylic acids is 1. The molecule has 1 N–H and O–H groups in total. The fraction of sp³-hybridized carbons (Fsp3) is 0.267. The number of hydrogen-bond acceptors (Lipinski definition) is 4. The molecule has 2 aromatic rings. The van der Waals surface area contributed by atoms with Gasteiger partial charge >= 0.3 is 0 Å². The van der Waals surface area contributed by atoms with Crippen LogP contribution in [0, 0.1) is 0 Å². The molecule has 2 rings (SSSR count). The van der Waals surface area contributed by atoms with Gasteiger partial charge in [0.05, 0.1) is 12.8 Å². The van der Waals surface area contributed by atoms with Crippen molar-refractivity contribution in [3.63, 3.8) is 0 Å². The first-order valence-electron chi connectivity index (χ1n) is 6.36. The fourth-order valence-electron chi connectivity index (χ4n) is 1.70. The average molecular weight is 274 g/mol. The number of carbonyl (C=O) groups is 1. The maximum absolute atomic E-state index is 11.9. The molecule has 5 nitrogen and oxygen atoms in total. The van der Waals surface area contributed by atoms with Crippen LogP contribution in [-0.2, 0) is 11.3 Å². The first-order chi connectivity index (χ1) is 9.69. The zero-order valence-corrected chi connectivity index (χ0v) is 11.6. The minimum Gasteiger partial charge on any atom is -0.484 e. The van der Waals surface area contributed by atoms with Gasteiger partial charge in [0.25, 0.3) is 5.91 Å². The molecule has 0 atom stereocenters. The molecule has 0 aliphatic carbocycles. The number of amides is 1. The third-order valence-corrected chi connectivity index (χ3v) is 2.90. The van der Waals surface area contributed by atoms with Gasteiger partial charge in [-0.3, -0.25) is 4.79 Å². The Labute approximate surface area is 118 Å². The molecule has 0 aliphatic heterocycles. The molecule has 0 spiro atoms. The predicted molar refractivity (Wildman–Crippen MR) is 76.7 cm³/mol. The third kappa shape index (κ3) is 3.78. The fourth-order valence-corrected chi connectivity index (χ4v) is 1.70. The van der Waals surface area contributed by atoms with E-state index in [-0.39, 0.29) is 12.5 Å². The largest absolute Gasteiger partial charge is 0.484 e. The van der Waals surface area contributed by atoms with Gasteiger partial charge in [-0.25, -0.2) is 0 Å². The molecule has 0 radical (unpaired) electrons. The summed E-state index contributed by atoms with van der Waals surface area (Å²) in [4.78, 5) is 13.5. The first kappa shape index (κ1) is 14.0. The minimum atomic E-state index is -0.0981. The molecule has 1 aromatic heterocycles. The van der Waals surface area contributed by atoms with Gasteiger partial charge in [-0.1, -0.05) is 0 Å². The minimum absolute atomic E-state index is 0.0100. The number of hydrogen-bond donors (Lipinski definition) is 1. The predicted octanol–water partition coefficient (Wildman–Crippen LogP) is 2.36. The molecule has 1 heterocycles. The van der Waals surface area contributed by atoms with Crippen molar-refractivity contribution in [1.29, 1.82) is 0 Å². The summed E-state index contributed by atoms with van der Waals surface area (Å²) < 4.78 is 10.7. The van der Waals surface area contributed by atoms with Crippen LogP contribution in [-0.4, -0.2) is 31.5 Å². The van der Waals surface area contributed by atoms with Crippen LogP contribution in [0.25, 0.3) is 0 Å². The lowest BCUT2D eigenvalue weighted by atomic mass is 10.3. The lowest BCUT2D eigenvalue weighted by Crippen LogP contribution is -2.30. The van der Waals surface area contributed by atoms with Gasteiger partial charge in [0.1, 0.15) is 11.5 Å². The van der Waals surface area contributed by atoms with E-state index in [1.54, 1.807) is 24.3 Å². The molecule has 0 saturated heterocycles. The highest BCUT2D eigenvalue weighted by atomic mass is 16.5. The van der Waals surface area contributed by atoms with Gasteiger partial charge in [0.2, 0.25) is 0 Å². The summed E-state index contributed by atoms with van der Waals surface area (Å²) in [5, 5.41) is 3.02. The van der Waals surface area contributed by atoms with E-state index >= 15 is 0 Å². The molecule has 0 bridgehead atoms. The number of ether oxygens (including phenoxy) is 1. The zero-order chi connectivity index (χ0) is 14.4. The number of nitrogens with one attached hydrogen (secondary N) is 1. The Kier molecular flexibility index (Phi) is 4.65. The van der Waals surface area contributed by atoms with Crippen molar-refractivity contribution in [2.75, 3.05) is 26.0 Å². The zero-order valence-electron chi connectivity index (χ0n) is 11.6. The smallest absolute Gasteiger partial charge is 0.260 e. The van der Waals surface area contributed by atoms with Crippen LogP contribution in [0.3, 0.4) is 0 Å². The van der Waals surface area contributed by atoms with Gasteiger partial charge in [-0.2, -0.15) is 0 Å². The number of nitrogens with zero attached hydrogens (tertiary/aromatic N) is 1. The number of furan rings is 1. The van der Waals surface area contributed by atoms with Crippen molar-refractivity contribution in [1.82, 2.24) is 4.90 Å². The second-order valence-electron chi connectivity index (χ2n) is 4.39. The third-order valence-electron chi connectivity index (χ3n) is 2.90. The van der Waals surface area contributed by atoms with Gasteiger partial charge in [0.15, 0.2) is 6.61 Å². The van der Waals surface area contributed by atoms with Gasteiger partial charge in [-0.05, 0) is 36.4 Å². The van der Waals surface area contributed by atoms with Crippen molar-refractivity contribution in [3.05, 3.63) is 48.4 Å². The maximum atomic E-state index is 11.9. The number of rotatable bonds is 6. The number of benzene rings is 1. The molecule has 5 heteroatoms. The highest BCUT2D eigenvalue weighted by molar-refractivity contribution is 5.77. The molecule has 106 valence electrons. The standard InChI is InChI=1S/C15H18N2O3/c1-16-12-5-7-13(8-6-12)20-11-15(18)17(2)10-14-4-3-9-19-14/h3-9,16H,10-11H2,1-2H3. The molecular weight excluding hydrogens is 256 g/mol. The molecule has 0 fully saturated rings. The summed E-state index contributed by atoms with van der Waals surface area (Å²) in [6, 6.07) is 11.1. The Hall–Kier alpha value is -2.43. The van der Waals surface area contributed by atoms with E-state index in [1.165, 1.54) is 0 Å². The molecule has 0 saturated carbocycles. The molecule has 0 aliphatic rings. The molecular formula is C15H18N2O3. The van der Waals surface area contributed by atoms with Crippen LogP contribution in [0.5, 0.6) is 5.75 Å². The first-order valence-corrected chi connectivity index (χ1v) is 6.36. The second kappa shape index (κ2) is 6.65. The van der Waals surface area contributed by atoms with E-state index in [9.17, 15) is 4.79 Å². The lowest BCUT2D eigenvalue weighted by Gasteiger charge is -2.16. The maximum Gasteiger partial charge on any atom is 0.260 e. The van der Waals surface area contributed by atoms with Crippen molar-refractivity contribution in [2.45, 2.75) is 6.54 Å².